The van der Waals surface area contributed by atoms with Crippen LogP contribution in [-0.4, -0.2) is 71.9 Å². The van der Waals surface area contributed by atoms with E-state index in [2.05, 4.69) is 39.3 Å². The van der Waals surface area contributed by atoms with Gasteiger partial charge in [-0.05, 0) is 37.3 Å². The Labute approximate surface area is 191 Å². The molecular weight excluding hydrogens is 426 g/mol. The lowest BCUT2D eigenvalue weighted by Gasteiger charge is -2.22. The van der Waals surface area contributed by atoms with Gasteiger partial charge in [0.15, 0.2) is 23.2 Å². The Morgan fingerprint density at radius 3 is 2.79 bits per heavy atom. The number of hydrogen-bond donors (Lipinski definition) is 4. The van der Waals surface area contributed by atoms with Gasteiger partial charge in [0.05, 0.1) is 31.7 Å². The molecule has 2 aromatic heterocycles. The molecule has 0 radical (unpaired) electrons. The molecule has 0 amide bonds. The zero-order valence-corrected chi connectivity index (χ0v) is 18.4. The first-order chi connectivity index (χ1) is 16.1. The molecule has 2 aliphatic rings. The van der Waals surface area contributed by atoms with Crippen LogP contribution in [0.5, 0.6) is 0 Å². The van der Waals surface area contributed by atoms with Gasteiger partial charge in [-0.2, -0.15) is 0 Å². The van der Waals surface area contributed by atoms with E-state index in [1.54, 1.807) is 4.57 Å². The topological polar surface area (TPSA) is 135 Å². The summed E-state index contributed by atoms with van der Waals surface area (Å²) in [6.07, 6.45) is 1.80. The highest BCUT2D eigenvalue weighted by Gasteiger charge is 2.44. The summed E-state index contributed by atoms with van der Waals surface area (Å²) in [6, 6.07) is 8.32. The van der Waals surface area contributed by atoms with Crippen molar-refractivity contribution in [2.75, 3.05) is 11.9 Å². The zero-order valence-electron chi connectivity index (χ0n) is 18.4. The summed E-state index contributed by atoms with van der Waals surface area (Å²) in [6.45, 7) is 2.26. The number of nitrogens with zero attached hydrogens (tertiary/aromatic N) is 4. The molecule has 1 aliphatic carbocycles. The summed E-state index contributed by atoms with van der Waals surface area (Å²) in [7, 11) is 0. The van der Waals surface area contributed by atoms with Gasteiger partial charge in [0.2, 0.25) is 0 Å². The van der Waals surface area contributed by atoms with E-state index in [4.69, 9.17) is 9.47 Å². The van der Waals surface area contributed by atoms with Crippen LogP contribution in [0, 0.1) is 6.92 Å². The van der Waals surface area contributed by atoms with Crippen molar-refractivity contribution < 1.29 is 24.8 Å². The number of aryl methyl sites for hydroxylation is 1. The van der Waals surface area contributed by atoms with Crippen LogP contribution in [0.3, 0.4) is 0 Å². The van der Waals surface area contributed by atoms with Crippen molar-refractivity contribution in [3.05, 3.63) is 48.0 Å². The predicted octanol–water partition coefficient (Wildman–Crippen LogP) is 1.30. The SMILES string of the molecule is Cc1ccccc1CO[C@@H]1CCCC1Nc1ncnc2c1ncn2C1OC(CO)[C@@H](O)[C@H]1O. The van der Waals surface area contributed by atoms with E-state index in [-0.39, 0.29) is 12.1 Å². The maximum atomic E-state index is 10.4. The molecule has 1 saturated heterocycles. The van der Waals surface area contributed by atoms with Crippen LogP contribution in [-0.2, 0) is 16.1 Å². The van der Waals surface area contributed by atoms with E-state index in [0.717, 1.165) is 19.3 Å². The van der Waals surface area contributed by atoms with Crippen molar-refractivity contribution in [2.24, 2.45) is 0 Å². The van der Waals surface area contributed by atoms with Gasteiger partial charge in [-0.15, -0.1) is 0 Å². The number of aromatic nitrogens is 4. The smallest absolute Gasteiger partial charge is 0.167 e. The summed E-state index contributed by atoms with van der Waals surface area (Å²) in [5.74, 6) is 0.585. The van der Waals surface area contributed by atoms with Gasteiger partial charge in [0, 0.05) is 0 Å². The quantitative estimate of drug-likeness (QED) is 0.416. The molecule has 6 atom stereocenters. The van der Waals surface area contributed by atoms with Crippen LogP contribution in [0.25, 0.3) is 11.2 Å². The maximum Gasteiger partial charge on any atom is 0.167 e. The second-order valence-corrected chi connectivity index (χ2v) is 8.73. The van der Waals surface area contributed by atoms with E-state index >= 15 is 0 Å². The van der Waals surface area contributed by atoms with Crippen molar-refractivity contribution in [1.29, 1.82) is 0 Å². The van der Waals surface area contributed by atoms with Crippen LogP contribution >= 0.6 is 0 Å². The minimum Gasteiger partial charge on any atom is -0.394 e. The molecule has 5 rings (SSSR count). The fourth-order valence-corrected chi connectivity index (χ4v) is 4.69. The highest BCUT2D eigenvalue weighted by Crippen LogP contribution is 2.33. The average Bonchev–Trinajstić information content (AvgIpc) is 3.52. The molecule has 3 unspecified atom stereocenters. The molecule has 0 spiro atoms. The van der Waals surface area contributed by atoms with Crippen LogP contribution in [0.1, 0.15) is 36.6 Å². The van der Waals surface area contributed by atoms with Gasteiger partial charge in [-0.3, -0.25) is 4.57 Å². The zero-order chi connectivity index (χ0) is 22.9. The third-order valence-corrected chi connectivity index (χ3v) is 6.64. The molecule has 1 aliphatic heterocycles. The second kappa shape index (κ2) is 9.32. The van der Waals surface area contributed by atoms with Crippen molar-refractivity contribution in [1.82, 2.24) is 19.5 Å². The number of benzene rings is 1. The van der Waals surface area contributed by atoms with Gasteiger partial charge < -0.3 is 30.1 Å². The lowest BCUT2D eigenvalue weighted by molar-refractivity contribution is -0.0511. The Morgan fingerprint density at radius 2 is 2.00 bits per heavy atom. The standard InChI is InChI=1S/C23H29N5O5/c1-13-5-2-3-6-14(13)10-32-16-8-4-7-15(16)27-21-18-22(25-11-24-21)28(12-26-18)23-20(31)19(30)17(9-29)33-23/h2-3,5-6,11-12,15-17,19-20,23,29-31H,4,7-10H2,1H3,(H,24,25,27)/t15?,16-,17?,19-,20-,23?/m1/s1. The number of nitrogens with one attached hydrogen (secondary N) is 1. The predicted molar refractivity (Wildman–Crippen MR) is 119 cm³/mol. The minimum atomic E-state index is -1.21. The molecular formula is C23H29N5O5. The summed E-state index contributed by atoms with van der Waals surface area (Å²) in [5.41, 5.74) is 3.41. The molecule has 3 aromatic rings. The van der Waals surface area contributed by atoms with Crippen molar-refractivity contribution in [3.8, 4) is 0 Å². The Kier molecular flexibility index (Phi) is 6.26. The van der Waals surface area contributed by atoms with E-state index in [0.29, 0.717) is 23.6 Å². The van der Waals surface area contributed by atoms with Crippen molar-refractivity contribution in [2.45, 2.75) is 69.5 Å². The first kappa shape index (κ1) is 22.2. The van der Waals surface area contributed by atoms with Crippen LogP contribution in [0.4, 0.5) is 5.82 Å². The summed E-state index contributed by atoms with van der Waals surface area (Å²) < 4.78 is 13.5. The van der Waals surface area contributed by atoms with Crippen LogP contribution < -0.4 is 5.32 Å². The highest BCUT2D eigenvalue weighted by molar-refractivity contribution is 5.82. The van der Waals surface area contributed by atoms with E-state index in [9.17, 15) is 15.3 Å². The molecule has 33 heavy (non-hydrogen) atoms. The lowest BCUT2D eigenvalue weighted by atomic mass is 10.1. The number of aliphatic hydroxyl groups is 3. The summed E-state index contributed by atoms with van der Waals surface area (Å²) in [5, 5.41) is 33.3. The highest BCUT2D eigenvalue weighted by atomic mass is 16.6. The Morgan fingerprint density at radius 1 is 1.15 bits per heavy atom. The second-order valence-electron chi connectivity index (χ2n) is 8.73. The molecule has 1 aromatic carbocycles. The van der Waals surface area contributed by atoms with Gasteiger partial charge >= 0.3 is 0 Å². The maximum absolute atomic E-state index is 10.4. The molecule has 3 heterocycles. The molecule has 0 bridgehead atoms. The van der Waals surface area contributed by atoms with E-state index in [1.165, 1.54) is 23.8 Å². The number of aliphatic hydroxyl groups excluding tert-OH is 3. The summed E-state index contributed by atoms with van der Waals surface area (Å²) >= 11 is 0. The fourth-order valence-electron chi connectivity index (χ4n) is 4.69. The van der Waals surface area contributed by atoms with Crippen LogP contribution in [0.15, 0.2) is 36.9 Å². The average molecular weight is 456 g/mol. The van der Waals surface area contributed by atoms with Gasteiger partial charge in [-0.1, -0.05) is 24.3 Å². The van der Waals surface area contributed by atoms with Gasteiger partial charge in [0.25, 0.3) is 0 Å². The Hall–Kier alpha value is -2.63. The van der Waals surface area contributed by atoms with Crippen molar-refractivity contribution in [3.63, 3.8) is 0 Å². The minimum absolute atomic E-state index is 0.0529. The number of rotatable bonds is 7. The number of imidazole rings is 1. The number of fused-ring (bicyclic) bond motifs is 1. The lowest BCUT2D eigenvalue weighted by Crippen LogP contribution is -2.33. The molecule has 10 heteroatoms. The first-order valence-corrected chi connectivity index (χ1v) is 11.3. The molecule has 2 fully saturated rings. The number of anilines is 1. The van der Waals surface area contributed by atoms with Crippen LogP contribution in [0.2, 0.25) is 0 Å². The van der Waals surface area contributed by atoms with Gasteiger partial charge in [0.1, 0.15) is 24.6 Å². The Balaban J connectivity index is 1.33. The third-order valence-electron chi connectivity index (χ3n) is 6.64. The molecule has 176 valence electrons. The fraction of sp³-hybridized carbons (Fsp3) is 0.522. The number of hydrogen-bond acceptors (Lipinski definition) is 9. The molecule has 10 nitrogen and oxygen atoms in total. The van der Waals surface area contributed by atoms with E-state index in [1.807, 2.05) is 12.1 Å². The van der Waals surface area contributed by atoms with E-state index < -0.39 is 31.1 Å². The molecule has 1 saturated carbocycles. The van der Waals surface area contributed by atoms with Gasteiger partial charge in [-0.25, -0.2) is 15.0 Å². The largest absolute Gasteiger partial charge is 0.394 e. The van der Waals surface area contributed by atoms with Crippen molar-refractivity contribution >= 4 is 17.0 Å². The monoisotopic (exact) mass is 455 g/mol. The first-order valence-electron chi connectivity index (χ1n) is 11.3. The number of ether oxygens (including phenoxy) is 2. The normalized spacial score (nSPS) is 29.7. The molecule has 4 N–H and O–H groups in total. The Bertz CT molecular complexity index is 1110. The third kappa shape index (κ3) is 4.20. The summed E-state index contributed by atoms with van der Waals surface area (Å²) in [4.78, 5) is 13.2.